The Balaban J connectivity index is 1.27. The number of hydrogen-bond acceptors (Lipinski definition) is 5. The quantitative estimate of drug-likeness (QED) is 0.414. The lowest BCUT2D eigenvalue weighted by molar-refractivity contribution is -0.144. The lowest BCUT2D eigenvalue weighted by Crippen LogP contribution is -2.33. The summed E-state index contributed by atoms with van der Waals surface area (Å²) < 4.78 is 7.66. The minimum atomic E-state index is -0.116. The number of rotatable bonds is 7. The standard InChI is InChI=1S/C25H28N4O2/c30-23(31-18-17-28-14-6-1-7-15-28)13-8-16-29-22-12-5-2-9-19(22)24-25(29)27-21-11-4-3-10-20(21)26-24/h2-5,9-12H,1,6-8,13-18H2. The van der Waals surface area contributed by atoms with Crippen molar-refractivity contribution in [1.82, 2.24) is 19.4 Å². The number of hydrogen-bond donors (Lipinski definition) is 0. The predicted octanol–water partition coefficient (Wildman–Crippen LogP) is 4.55. The summed E-state index contributed by atoms with van der Waals surface area (Å²) in [6.07, 6.45) is 4.95. The fourth-order valence-corrected chi connectivity index (χ4v) is 4.53. The SMILES string of the molecule is O=C(CCCn1c2ccccc2c2nc3ccccc3nc21)OCCN1CCCCC1. The van der Waals surface area contributed by atoms with E-state index in [1.54, 1.807) is 0 Å². The van der Waals surface area contributed by atoms with Crippen LogP contribution >= 0.6 is 0 Å². The van der Waals surface area contributed by atoms with Gasteiger partial charge in [-0.2, -0.15) is 0 Å². The summed E-state index contributed by atoms with van der Waals surface area (Å²) in [5.41, 5.74) is 4.68. The third kappa shape index (κ3) is 4.26. The lowest BCUT2D eigenvalue weighted by atomic mass is 10.1. The largest absolute Gasteiger partial charge is 0.464 e. The van der Waals surface area contributed by atoms with Gasteiger partial charge >= 0.3 is 5.97 Å². The summed E-state index contributed by atoms with van der Waals surface area (Å²) >= 11 is 0. The summed E-state index contributed by atoms with van der Waals surface area (Å²) in [6, 6.07) is 16.2. The number of nitrogens with zero attached hydrogens (tertiary/aromatic N) is 4. The number of aromatic nitrogens is 3. The van der Waals surface area contributed by atoms with E-state index in [0.717, 1.165) is 52.7 Å². The Bertz CT molecular complexity index is 1210. The highest BCUT2D eigenvalue weighted by atomic mass is 16.5. The van der Waals surface area contributed by atoms with Crippen LogP contribution in [0.2, 0.25) is 0 Å². The van der Waals surface area contributed by atoms with Crippen LogP contribution in [0.4, 0.5) is 0 Å². The van der Waals surface area contributed by atoms with Crippen LogP contribution in [0, 0.1) is 0 Å². The summed E-state index contributed by atoms with van der Waals surface area (Å²) in [7, 11) is 0. The first-order valence-corrected chi connectivity index (χ1v) is 11.3. The van der Waals surface area contributed by atoms with E-state index in [1.165, 1.54) is 19.3 Å². The zero-order valence-electron chi connectivity index (χ0n) is 17.8. The molecule has 0 radical (unpaired) electrons. The van der Waals surface area contributed by atoms with Gasteiger partial charge in [0.1, 0.15) is 12.1 Å². The Morgan fingerprint density at radius 1 is 0.903 bits per heavy atom. The Hall–Kier alpha value is -2.99. The first kappa shape index (κ1) is 19.9. The number of carbonyl (C=O) groups excluding carboxylic acids is 1. The summed E-state index contributed by atoms with van der Waals surface area (Å²) in [4.78, 5) is 24.4. The van der Waals surface area contributed by atoms with E-state index in [2.05, 4.69) is 21.6 Å². The van der Waals surface area contributed by atoms with E-state index in [9.17, 15) is 4.79 Å². The molecule has 160 valence electrons. The third-order valence-corrected chi connectivity index (χ3v) is 6.14. The average molecular weight is 417 g/mol. The molecule has 1 saturated heterocycles. The third-order valence-electron chi connectivity index (χ3n) is 6.14. The van der Waals surface area contributed by atoms with Gasteiger partial charge < -0.3 is 9.30 Å². The van der Waals surface area contributed by atoms with Crippen LogP contribution in [0.1, 0.15) is 32.1 Å². The van der Waals surface area contributed by atoms with Crippen molar-refractivity contribution < 1.29 is 9.53 Å². The first-order chi connectivity index (χ1) is 15.3. The Labute approximate surface area is 181 Å². The molecule has 0 amide bonds. The van der Waals surface area contributed by atoms with Crippen LogP contribution < -0.4 is 0 Å². The van der Waals surface area contributed by atoms with Crippen LogP contribution in [-0.4, -0.2) is 51.6 Å². The number of aryl methyl sites for hydroxylation is 1. The van der Waals surface area contributed by atoms with Gasteiger partial charge in [0, 0.05) is 24.9 Å². The maximum Gasteiger partial charge on any atom is 0.305 e. The summed E-state index contributed by atoms with van der Waals surface area (Å²) in [5, 5.41) is 1.10. The second-order valence-electron chi connectivity index (χ2n) is 8.28. The van der Waals surface area contributed by atoms with Crippen molar-refractivity contribution in [3.8, 4) is 0 Å². The number of fused-ring (bicyclic) bond motifs is 4. The molecule has 3 heterocycles. The molecule has 0 saturated carbocycles. The fraction of sp³-hybridized carbons (Fsp3) is 0.400. The van der Waals surface area contributed by atoms with E-state index in [-0.39, 0.29) is 5.97 Å². The molecule has 0 N–H and O–H groups in total. The fourth-order valence-electron chi connectivity index (χ4n) is 4.53. The molecule has 2 aromatic carbocycles. The van der Waals surface area contributed by atoms with Gasteiger partial charge in [-0.15, -0.1) is 0 Å². The molecular formula is C25H28N4O2. The highest BCUT2D eigenvalue weighted by molar-refractivity contribution is 6.06. The molecule has 0 atom stereocenters. The Kier molecular flexibility index (Phi) is 5.80. The molecule has 2 aromatic heterocycles. The van der Waals surface area contributed by atoms with Crippen molar-refractivity contribution in [2.75, 3.05) is 26.2 Å². The molecule has 31 heavy (non-hydrogen) atoms. The molecule has 0 spiro atoms. The van der Waals surface area contributed by atoms with Crippen LogP contribution in [0.5, 0.6) is 0 Å². The predicted molar refractivity (Wildman–Crippen MR) is 123 cm³/mol. The molecule has 0 aliphatic carbocycles. The molecule has 5 rings (SSSR count). The zero-order chi connectivity index (χ0) is 21.0. The van der Waals surface area contributed by atoms with Crippen LogP contribution in [0.15, 0.2) is 48.5 Å². The van der Waals surface area contributed by atoms with Crippen molar-refractivity contribution in [1.29, 1.82) is 0 Å². The van der Waals surface area contributed by atoms with Gasteiger partial charge in [0.05, 0.1) is 16.6 Å². The molecule has 1 aliphatic rings. The monoisotopic (exact) mass is 416 g/mol. The van der Waals surface area contributed by atoms with Crippen LogP contribution in [0.3, 0.4) is 0 Å². The van der Waals surface area contributed by atoms with Gasteiger partial charge in [-0.3, -0.25) is 9.69 Å². The normalized spacial score (nSPS) is 15.1. The Morgan fingerprint density at radius 2 is 1.65 bits per heavy atom. The number of carbonyl (C=O) groups is 1. The highest BCUT2D eigenvalue weighted by Gasteiger charge is 2.15. The minimum Gasteiger partial charge on any atom is -0.464 e. The molecule has 4 aromatic rings. The van der Waals surface area contributed by atoms with Gasteiger partial charge in [-0.25, -0.2) is 9.97 Å². The molecular weight excluding hydrogens is 388 g/mol. The number of likely N-dealkylation sites (tertiary alicyclic amines) is 1. The summed E-state index contributed by atoms with van der Waals surface area (Å²) in [5.74, 6) is -0.116. The number of benzene rings is 2. The summed E-state index contributed by atoms with van der Waals surface area (Å²) in [6.45, 7) is 4.30. The van der Waals surface area contributed by atoms with E-state index in [4.69, 9.17) is 14.7 Å². The molecule has 0 unspecified atom stereocenters. The van der Waals surface area contributed by atoms with Crippen LogP contribution in [0.25, 0.3) is 33.1 Å². The van der Waals surface area contributed by atoms with E-state index in [0.29, 0.717) is 26.0 Å². The first-order valence-electron chi connectivity index (χ1n) is 11.3. The topological polar surface area (TPSA) is 60.3 Å². The number of ether oxygens (including phenoxy) is 1. The number of piperidine rings is 1. The van der Waals surface area contributed by atoms with Gasteiger partial charge in [-0.1, -0.05) is 36.8 Å². The molecule has 6 nitrogen and oxygen atoms in total. The number of esters is 1. The maximum absolute atomic E-state index is 12.2. The van der Waals surface area contributed by atoms with Gasteiger partial charge in [0.15, 0.2) is 5.65 Å². The second-order valence-corrected chi connectivity index (χ2v) is 8.28. The smallest absolute Gasteiger partial charge is 0.305 e. The van der Waals surface area contributed by atoms with Gasteiger partial charge in [-0.05, 0) is 50.6 Å². The lowest BCUT2D eigenvalue weighted by Gasteiger charge is -2.25. The zero-order valence-corrected chi connectivity index (χ0v) is 17.8. The van der Waals surface area contributed by atoms with Gasteiger partial charge in [0.2, 0.25) is 0 Å². The second kappa shape index (κ2) is 9.02. The minimum absolute atomic E-state index is 0.116. The van der Waals surface area contributed by atoms with Crippen molar-refractivity contribution in [2.24, 2.45) is 0 Å². The van der Waals surface area contributed by atoms with Crippen molar-refractivity contribution >= 4 is 39.1 Å². The van der Waals surface area contributed by atoms with Crippen LogP contribution in [-0.2, 0) is 16.1 Å². The van der Waals surface area contributed by atoms with E-state index < -0.39 is 0 Å². The van der Waals surface area contributed by atoms with Crippen molar-refractivity contribution in [3.63, 3.8) is 0 Å². The van der Waals surface area contributed by atoms with Gasteiger partial charge in [0.25, 0.3) is 0 Å². The van der Waals surface area contributed by atoms with E-state index in [1.807, 2.05) is 36.4 Å². The molecule has 1 fully saturated rings. The van der Waals surface area contributed by atoms with Crippen molar-refractivity contribution in [3.05, 3.63) is 48.5 Å². The maximum atomic E-state index is 12.2. The molecule has 6 heteroatoms. The van der Waals surface area contributed by atoms with Crippen molar-refractivity contribution in [2.45, 2.75) is 38.6 Å². The average Bonchev–Trinajstić information content (AvgIpc) is 3.11. The Morgan fingerprint density at radius 3 is 2.48 bits per heavy atom. The molecule has 0 bridgehead atoms. The molecule has 1 aliphatic heterocycles. The van der Waals surface area contributed by atoms with E-state index >= 15 is 0 Å². The number of para-hydroxylation sites is 3. The highest BCUT2D eigenvalue weighted by Crippen LogP contribution is 2.28.